The van der Waals surface area contributed by atoms with Crippen LogP contribution >= 0.6 is 0 Å². The lowest BCUT2D eigenvalue weighted by Gasteiger charge is -2.31. The van der Waals surface area contributed by atoms with Crippen LogP contribution in [0.2, 0.25) is 0 Å². The Labute approximate surface area is 88.4 Å². The highest BCUT2D eigenvalue weighted by Gasteiger charge is 2.29. The Balaban J connectivity index is 2.04. The molecule has 0 atom stereocenters. The number of rotatable bonds is 2. The van der Waals surface area contributed by atoms with Gasteiger partial charge in [0.2, 0.25) is 0 Å². The number of hydrogen-bond acceptors (Lipinski definition) is 4. The van der Waals surface area contributed by atoms with Gasteiger partial charge in [-0.05, 0) is 12.8 Å². The highest BCUT2D eigenvalue weighted by atomic mass is 16.3. The van der Waals surface area contributed by atoms with Crippen molar-refractivity contribution >= 4 is 0 Å². The van der Waals surface area contributed by atoms with Crippen LogP contribution in [0.15, 0.2) is 6.33 Å². The van der Waals surface area contributed by atoms with Gasteiger partial charge in [0.15, 0.2) is 0 Å². The van der Waals surface area contributed by atoms with Gasteiger partial charge < -0.3 is 5.11 Å². The minimum atomic E-state index is -0.654. The smallest absolute Gasteiger partial charge is 0.252 e. The van der Waals surface area contributed by atoms with Crippen LogP contribution in [-0.4, -0.2) is 25.5 Å². The molecule has 1 N–H and O–H groups in total. The van der Waals surface area contributed by atoms with Gasteiger partial charge in [0.1, 0.15) is 12.4 Å². The lowest BCUT2D eigenvalue weighted by molar-refractivity contribution is -0.0143. The predicted octanol–water partition coefficient (Wildman–Crippen LogP) is 0.845. The van der Waals surface area contributed by atoms with Crippen molar-refractivity contribution in [3.05, 3.63) is 12.2 Å². The fraction of sp³-hybridized carbons (Fsp3) is 0.700. The molecular weight excluding hydrogens is 192 g/mol. The van der Waals surface area contributed by atoms with E-state index < -0.39 is 5.60 Å². The van der Waals surface area contributed by atoms with Crippen LogP contribution in [0.3, 0.4) is 0 Å². The Hall–Kier alpha value is -1.41. The summed E-state index contributed by atoms with van der Waals surface area (Å²) in [5.41, 5.74) is -0.654. The van der Waals surface area contributed by atoms with Gasteiger partial charge >= 0.3 is 0 Å². The highest BCUT2D eigenvalue weighted by Crippen LogP contribution is 2.29. The Bertz CT molecular complexity index is 373. The van der Waals surface area contributed by atoms with E-state index in [0.717, 1.165) is 25.7 Å². The van der Waals surface area contributed by atoms with Gasteiger partial charge in [-0.25, -0.2) is 9.67 Å². The average molecular weight is 206 g/mol. The molecular formula is C10H14N4O. The predicted molar refractivity (Wildman–Crippen MR) is 52.8 cm³/mol. The third kappa shape index (κ3) is 2.34. The summed E-state index contributed by atoms with van der Waals surface area (Å²) in [6.07, 6.45) is 6.46. The Morgan fingerprint density at radius 3 is 2.80 bits per heavy atom. The molecule has 5 heteroatoms. The topological polar surface area (TPSA) is 74.7 Å². The molecule has 15 heavy (non-hydrogen) atoms. The zero-order valence-corrected chi connectivity index (χ0v) is 8.56. The van der Waals surface area contributed by atoms with Gasteiger partial charge in [0.25, 0.3) is 5.82 Å². The second-order valence-electron chi connectivity index (χ2n) is 4.16. The maximum atomic E-state index is 10.2. The second-order valence-corrected chi connectivity index (χ2v) is 4.16. The van der Waals surface area contributed by atoms with Crippen LogP contribution in [0.4, 0.5) is 0 Å². The summed E-state index contributed by atoms with van der Waals surface area (Å²) in [7, 11) is 0. The molecule has 0 unspecified atom stereocenters. The van der Waals surface area contributed by atoms with E-state index >= 15 is 0 Å². The van der Waals surface area contributed by atoms with Crippen molar-refractivity contribution in [1.82, 2.24) is 14.8 Å². The largest absolute Gasteiger partial charge is 0.388 e. The van der Waals surface area contributed by atoms with E-state index in [-0.39, 0.29) is 5.82 Å². The third-order valence-corrected chi connectivity index (χ3v) is 2.88. The molecule has 1 aromatic heterocycles. The van der Waals surface area contributed by atoms with Crippen LogP contribution in [-0.2, 0) is 6.54 Å². The minimum absolute atomic E-state index is 0.161. The first-order chi connectivity index (χ1) is 7.22. The lowest BCUT2D eigenvalue weighted by atomic mass is 9.85. The zero-order valence-electron chi connectivity index (χ0n) is 8.56. The van der Waals surface area contributed by atoms with E-state index in [4.69, 9.17) is 5.26 Å². The van der Waals surface area contributed by atoms with Gasteiger partial charge in [0, 0.05) is 0 Å². The number of hydrogen-bond donors (Lipinski definition) is 1. The van der Waals surface area contributed by atoms with Crippen molar-refractivity contribution in [2.75, 3.05) is 0 Å². The van der Waals surface area contributed by atoms with Crippen molar-refractivity contribution in [2.45, 2.75) is 44.2 Å². The molecule has 0 aliphatic heterocycles. The first-order valence-electron chi connectivity index (χ1n) is 5.24. The summed E-state index contributed by atoms with van der Waals surface area (Å²) in [6.45, 7) is 0.446. The number of aliphatic hydroxyl groups is 1. The first kappa shape index (κ1) is 10.1. The van der Waals surface area contributed by atoms with Gasteiger partial charge in [-0.15, -0.1) is 5.10 Å². The summed E-state index contributed by atoms with van der Waals surface area (Å²) in [5.74, 6) is 0.161. The SMILES string of the molecule is N#Cc1ncn(CC2(O)CCCCC2)n1. The van der Waals surface area contributed by atoms with E-state index in [9.17, 15) is 5.11 Å². The van der Waals surface area contributed by atoms with Gasteiger partial charge in [-0.1, -0.05) is 19.3 Å². The second kappa shape index (κ2) is 3.99. The molecule has 80 valence electrons. The molecule has 1 aliphatic carbocycles. The molecule has 0 amide bonds. The van der Waals surface area contributed by atoms with Gasteiger partial charge in [-0.2, -0.15) is 5.26 Å². The molecule has 1 aromatic rings. The standard InChI is InChI=1S/C10H14N4O/c11-6-9-12-8-14(13-9)7-10(15)4-2-1-3-5-10/h8,15H,1-5,7H2. The van der Waals surface area contributed by atoms with Crippen molar-refractivity contribution in [3.8, 4) is 6.07 Å². The molecule has 0 radical (unpaired) electrons. The molecule has 1 saturated carbocycles. The molecule has 1 fully saturated rings. The lowest BCUT2D eigenvalue weighted by Crippen LogP contribution is -2.36. The summed E-state index contributed by atoms with van der Waals surface area (Å²) >= 11 is 0. The molecule has 0 saturated heterocycles. The zero-order chi connectivity index (χ0) is 10.7. The summed E-state index contributed by atoms with van der Waals surface area (Å²) in [6, 6.07) is 1.87. The van der Waals surface area contributed by atoms with Crippen molar-refractivity contribution in [1.29, 1.82) is 5.26 Å². The molecule has 1 heterocycles. The molecule has 0 aromatic carbocycles. The van der Waals surface area contributed by atoms with E-state index in [0.29, 0.717) is 6.54 Å². The number of aromatic nitrogens is 3. The van der Waals surface area contributed by atoms with Crippen LogP contribution in [0, 0.1) is 11.3 Å². The molecule has 0 spiro atoms. The summed E-state index contributed by atoms with van der Waals surface area (Å²) in [4.78, 5) is 3.81. The fourth-order valence-corrected chi connectivity index (χ4v) is 2.09. The van der Waals surface area contributed by atoms with Gasteiger partial charge in [0.05, 0.1) is 12.1 Å². The van der Waals surface area contributed by atoms with E-state index in [1.165, 1.54) is 12.7 Å². The van der Waals surface area contributed by atoms with Crippen LogP contribution < -0.4 is 0 Å². The van der Waals surface area contributed by atoms with Crippen LogP contribution in [0.5, 0.6) is 0 Å². The maximum absolute atomic E-state index is 10.2. The Morgan fingerprint density at radius 1 is 1.47 bits per heavy atom. The van der Waals surface area contributed by atoms with E-state index in [1.54, 1.807) is 4.68 Å². The van der Waals surface area contributed by atoms with E-state index in [1.807, 2.05) is 6.07 Å². The number of nitrogens with zero attached hydrogens (tertiary/aromatic N) is 4. The fourth-order valence-electron chi connectivity index (χ4n) is 2.09. The third-order valence-electron chi connectivity index (χ3n) is 2.88. The molecule has 2 rings (SSSR count). The van der Waals surface area contributed by atoms with Crippen LogP contribution in [0.1, 0.15) is 37.9 Å². The summed E-state index contributed by atoms with van der Waals surface area (Å²) < 4.78 is 1.56. The first-order valence-corrected chi connectivity index (χ1v) is 5.24. The molecule has 0 bridgehead atoms. The number of nitriles is 1. The highest BCUT2D eigenvalue weighted by molar-refractivity contribution is 5.05. The molecule has 1 aliphatic rings. The van der Waals surface area contributed by atoms with E-state index in [2.05, 4.69) is 10.1 Å². The van der Waals surface area contributed by atoms with Crippen molar-refractivity contribution < 1.29 is 5.11 Å². The molecule has 5 nitrogen and oxygen atoms in total. The maximum Gasteiger partial charge on any atom is 0.252 e. The van der Waals surface area contributed by atoms with Crippen molar-refractivity contribution in [2.24, 2.45) is 0 Å². The van der Waals surface area contributed by atoms with Crippen molar-refractivity contribution in [3.63, 3.8) is 0 Å². The van der Waals surface area contributed by atoms with Gasteiger partial charge in [-0.3, -0.25) is 0 Å². The summed E-state index contributed by atoms with van der Waals surface area (Å²) in [5, 5.41) is 22.8. The minimum Gasteiger partial charge on any atom is -0.388 e. The Kier molecular flexibility index (Phi) is 2.69. The normalized spacial score (nSPS) is 19.7. The average Bonchev–Trinajstić information content (AvgIpc) is 2.66. The van der Waals surface area contributed by atoms with Crippen LogP contribution in [0.25, 0.3) is 0 Å². The monoisotopic (exact) mass is 206 g/mol. The Morgan fingerprint density at radius 2 is 2.20 bits per heavy atom. The quantitative estimate of drug-likeness (QED) is 0.778.